The number of carbonyl (C=O) groups is 2. The van der Waals surface area contributed by atoms with E-state index in [1.54, 1.807) is 20.0 Å². The highest BCUT2D eigenvalue weighted by atomic mass is 16.5. The quantitative estimate of drug-likeness (QED) is 0.706. The van der Waals surface area contributed by atoms with Gasteiger partial charge in [0.25, 0.3) is 0 Å². The number of esters is 1. The van der Waals surface area contributed by atoms with E-state index in [4.69, 9.17) is 0 Å². The summed E-state index contributed by atoms with van der Waals surface area (Å²) in [6.07, 6.45) is 1.41. The van der Waals surface area contributed by atoms with Crippen molar-refractivity contribution in [2.45, 2.75) is 13.0 Å². The third kappa shape index (κ3) is 3.40. The van der Waals surface area contributed by atoms with Crippen LogP contribution in [0.1, 0.15) is 17.5 Å². The Morgan fingerprint density at radius 3 is 2.76 bits per heavy atom. The minimum Gasteiger partial charge on any atom is -0.463 e. The fourth-order valence-electron chi connectivity index (χ4n) is 1.13. The van der Waals surface area contributed by atoms with Crippen molar-refractivity contribution in [3.05, 3.63) is 18.1 Å². The number of hydrogen-bond acceptors (Lipinski definition) is 6. The third-order valence-electron chi connectivity index (χ3n) is 2.03. The molecular formula is C10H14N4O3. The molecule has 0 fully saturated rings. The molecule has 0 aromatic carbocycles. The maximum absolute atomic E-state index is 11.3. The summed E-state index contributed by atoms with van der Waals surface area (Å²) >= 11 is 0. The first-order chi connectivity index (χ1) is 8.08. The zero-order valence-corrected chi connectivity index (χ0v) is 9.85. The number of rotatable bonds is 4. The summed E-state index contributed by atoms with van der Waals surface area (Å²) in [6, 6.07) is 1.10. The molecule has 92 valence electrons. The average Bonchev–Trinajstić information content (AvgIpc) is 2.37. The Morgan fingerprint density at radius 2 is 2.18 bits per heavy atom. The summed E-state index contributed by atoms with van der Waals surface area (Å²) in [4.78, 5) is 30.1. The van der Waals surface area contributed by atoms with E-state index in [1.807, 2.05) is 0 Å². The van der Waals surface area contributed by atoms with Gasteiger partial charge in [0.1, 0.15) is 11.9 Å². The maximum Gasteiger partial charge on any atom is 0.376 e. The van der Waals surface area contributed by atoms with Crippen LogP contribution in [0, 0.1) is 0 Å². The molecule has 1 aromatic heterocycles. The van der Waals surface area contributed by atoms with Crippen molar-refractivity contribution in [1.29, 1.82) is 0 Å². The normalized spacial score (nSPS) is 11.5. The van der Waals surface area contributed by atoms with Gasteiger partial charge in [0.2, 0.25) is 11.7 Å². The van der Waals surface area contributed by atoms with Crippen molar-refractivity contribution in [3.63, 3.8) is 0 Å². The fraction of sp³-hybridized carbons (Fsp3) is 0.400. The molecule has 0 spiro atoms. The molecule has 1 heterocycles. The van der Waals surface area contributed by atoms with E-state index in [-0.39, 0.29) is 11.7 Å². The van der Waals surface area contributed by atoms with Gasteiger partial charge in [-0.05, 0) is 13.0 Å². The first-order valence-electron chi connectivity index (χ1n) is 4.98. The maximum atomic E-state index is 11.3. The highest BCUT2D eigenvalue weighted by Crippen LogP contribution is 2.04. The van der Waals surface area contributed by atoms with Crippen LogP contribution in [0.15, 0.2) is 12.3 Å². The van der Waals surface area contributed by atoms with Gasteiger partial charge >= 0.3 is 5.97 Å². The Hall–Kier alpha value is -2.18. The Balaban J connectivity index is 2.79. The molecule has 0 radical (unpaired) electrons. The summed E-state index contributed by atoms with van der Waals surface area (Å²) in [6.45, 7) is 1.68. The fourth-order valence-corrected chi connectivity index (χ4v) is 1.13. The Labute approximate surface area is 98.6 Å². The van der Waals surface area contributed by atoms with Crippen molar-refractivity contribution in [2.75, 3.05) is 19.5 Å². The molecule has 0 aliphatic rings. The minimum absolute atomic E-state index is 0.0541. The van der Waals surface area contributed by atoms with E-state index in [2.05, 4.69) is 25.3 Å². The van der Waals surface area contributed by atoms with E-state index >= 15 is 0 Å². The molecule has 0 aliphatic carbocycles. The van der Waals surface area contributed by atoms with E-state index in [9.17, 15) is 9.59 Å². The molecule has 0 saturated heterocycles. The first kappa shape index (κ1) is 12.9. The molecule has 1 rings (SSSR count). The molecule has 0 saturated carbocycles. The Bertz CT molecular complexity index is 422. The van der Waals surface area contributed by atoms with Crippen LogP contribution in [0.3, 0.4) is 0 Å². The molecule has 7 heteroatoms. The number of nitrogens with zero attached hydrogens (tertiary/aromatic N) is 2. The van der Waals surface area contributed by atoms with Crippen LogP contribution in [0.4, 0.5) is 5.82 Å². The number of carbonyl (C=O) groups excluding carboxylic acids is 2. The van der Waals surface area contributed by atoms with Gasteiger partial charge in [-0.25, -0.2) is 14.8 Å². The Morgan fingerprint density at radius 1 is 1.47 bits per heavy atom. The molecule has 0 bridgehead atoms. The topological polar surface area (TPSA) is 93.2 Å². The number of ether oxygens (including phenoxy) is 1. The van der Waals surface area contributed by atoms with Crippen molar-refractivity contribution in [2.24, 2.45) is 0 Å². The predicted octanol–water partition coefficient (Wildman–Crippen LogP) is -0.190. The summed E-state index contributed by atoms with van der Waals surface area (Å²) in [5.41, 5.74) is 0. The van der Waals surface area contributed by atoms with Crippen LogP contribution in [0.2, 0.25) is 0 Å². The van der Waals surface area contributed by atoms with Gasteiger partial charge < -0.3 is 15.4 Å². The Kier molecular flexibility index (Phi) is 4.38. The second kappa shape index (κ2) is 5.78. The number of nitrogens with one attached hydrogen (secondary N) is 2. The lowest BCUT2D eigenvalue weighted by atomic mass is 10.3. The SMILES string of the molecule is CNC(=O)C(C)Nc1ccnc(C(=O)OC)n1. The molecule has 0 aliphatic heterocycles. The molecule has 7 nitrogen and oxygen atoms in total. The lowest BCUT2D eigenvalue weighted by molar-refractivity contribution is -0.121. The predicted molar refractivity (Wildman–Crippen MR) is 60.5 cm³/mol. The van der Waals surface area contributed by atoms with Crippen LogP contribution >= 0.6 is 0 Å². The van der Waals surface area contributed by atoms with Gasteiger partial charge in [-0.1, -0.05) is 0 Å². The molecule has 1 aromatic rings. The summed E-state index contributed by atoms with van der Waals surface area (Å²) in [5.74, 6) is -0.470. The summed E-state index contributed by atoms with van der Waals surface area (Å²) < 4.78 is 4.49. The lowest BCUT2D eigenvalue weighted by Crippen LogP contribution is -2.35. The van der Waals surface area contributed by atoms with E-state index in [0.29, 0.717) is 5.82 Å². The van der Waals surface area contributed by atoms with Crippen molar-refractivity contribution < 1.29 is 14.3 Å². The zero-order valence-electron chi connectivity index (χ0n) is 9.85. The van der Waals surface area contributed by atoms with Gasteiger partial charge in [-0.3, -0.25) is 4.79 Å². The summed E-state index contributed by atoms with van der Waals surface area (Å²) in [5, 5.41) is 5.34. The van der Waals surface area contributed by atoms with E-state index < -0.39 is 12.0 Å². The van der Waals surface area contributed by atoms with Gasteiger partial charge in [0.05, 0.1) is 7.11 Å². The van der Waals surface area contributed by atoms with Gasteiger partial charge in [-0.2, -0.15) is 0 Å². The molecular weight excluding hydrogens is 224 g/mol. The molecule has 1 amide bonds. The van der Waals surface area contributed by atoms with E-state index in [1.165, 1.54) is 13.3 Å². The minimum atomic E-state index is -0.624. The largest absolute Gasteiger partial charge is 0.463 e. The van der Waals surface area contributed by atoms with Crippen LogP contribution in [-0.4, -0.2) is 42.0 Å². The van der Waals surface area contributed by atoms with Gasteiger partial charge in [-0.15, -0.1) is 0 Å². The number of hydrogen-bond donors (Lipinski definition) is 2. The molecule has 1 atom stereocenters. The number of methoxy groups -OCH3 is 1. The second-order valence-corrected chi connectivity index (χ2v) is 3.24. The van der Waals surface area contributed by atoms with Crippen molar-refractivity contribution in [1.82, 2.24) is 15.3 Å². The third-order valence-corrected chi connectivity index (χ3v) is 2.03. The van der Waals surface area contributed by atoms with Crippen LogP contribution in [-0.2, 0) is 9.53 Å². The second-order valence-electron chi connectivity index (χ2n) is 3.24. The molecule has 2 N–H and O–H groups in total. The average molecular weight is 238 g/mol. The monoisotopic (exact) mass is 238 g/mol. The van der Waals surface area contributed by atoms with Crippen LogP contribution in [0.25, 0.3) is 0 Å². The smallest absolute Gasteiger partial charge is 0.376 e. The number of anilines is 1. The van der Waals surface area contributed by atoms with Crippen molar-refractivity contribution >= 4 is 17.7 Å². The zero-order chi connectivity index (χ0) is 12.8. The number of likely N-dealkylation sites (N-methyl/N-ethyl adjacent to an activating group) is 1. The van der Waals surface area contributed by atoms with Crippen LogP contribution in [0.5, 0.6) is 0 Å². The molecule has 1 unspecified atom stereocenters. The number of aromatic nitrogens is 2. The van der Waals surface area contributed by atoms with Gasteiger partial charge in [0, 0.05) is 13.2 Å². The highest BCUT2D eigenvalue weighted by Gasteiger charge is 2.13. The van der Waals surface area contributed by atoms with Gasteiger partial charge in [0.15, 0.2) is 0 Å². The van der Waals surface area contributed by atoms with Crippen molar-refractivity contribution in [3.8, 4) is 0 Å². The van der Waals surface area contributed by atoms with E-state index in [0.717, 1.165) is 0 Å². The lowest BCUT2D eigenvalue weighted by Gasteiger charge is -2.12. The highest BCUT2D eigenvalue weighted by molar-refractivity contribution is 5.86. The summed E-state index contributed by atoms with van der Waals surface area (Å²) in [7, 11) is 2.79. The van der Waals surface area contributed by atoms with Crippen LogP contribution < -0.4 is 10.6 Å². The first-order valence-corrected chi connectivity index (χ1v) is 4.98. The molecule has 17 heavy (non-hydrogen) atoms. The standard InChI is InChI=1S/C10H14N4O3/c1-6(9(15)11-2)13-7-4-5-12-8(14-7)10(16)17-3/h4-6H,1-3H3,(H,11,15)(H,12,13,14). The number of amides is 1.